The number of aliphatic carboxylic acids is 1. The van der Waals surface area contributed by atoms with E-state index in [0.717, 1.165) is 11.1 Å². The summed E-state index contributed by atoms with van der Waals surface area (Å²) in [7, 11) is 0. The van der Waals surface area contributed by atoms with Crippen LogP contribution in [0.25, 0.3) is 0 Å². The molecule has 0 saturated heterocycles. The Morgan fingerprint density at radius 1 is 1.26 bits per heavy atom. The summed E-state index contributed by atoms with van der Waals surface area (Å²) in [5, 5.41) is 9.90. The number of nitrogens with zero attached hydrogens (tertiary/aromatic N) is 1. The Balaban J connectivity index is 2.11. The van der Waals surface area contributed by atoms with Gasteiger partial charge in [0.1, 0.15) is 0 Å². The highest BCUT2D eigenvalue weighted by Gasteiger charge is 2.19. The quantitative estimate of drug-likeness (QED) is 0.908. The van der Waals surface area contributed by atoms with Crippen molar-refractivity contribution in [3.63, 3.8) is 0 Å². The first-order valence-corrected chi connectivity index (χ1v) is 6.42. The smallest absolute Gasteiger partial charge is 0.310 e. The van der Waals surface area contributed by atoms with Gasteiger partial charge in [-0.05, 0) is 48.2 Å². The molecule has 98 valence electrons. The highest BCUT2D eigenvalue weighted by molar-refractivity contribution is 6.30. The van der Waals surface area contributed by atoms with Crippen LogP contribution in [-0.4, -0.2) is 16.1 Å². The molecule has 3 nitrogen and oxygen atoms in total. The van der Waals surface area contributed by atoms with Crippen LogP contribution in [0.15, 0.2) is 48.8 Å². The van der Waals surface area contributed by atoms with Crippen LogP contribution in [0.5, 0.6) is 0 Å². The molecule has 1 N–H and O–H groups in total. The van der Waals surface area contributed by atoms with Crippen LogP contribution in [0.4, 0.5) is 0 Å². The van der Waals surface area contributed by atoms with Crippen molar-refractivity contribution in [1.29, 1.82) is 0 Å². The van der Waals surface area contributed by atoms with Gasteiger partial charge in [0.25, 0.3) is 0 Å². The van der Waals surface area contributed by atoms with E-state index in [4.69, 9.17) is 11.6 Å². The van der Waals surface area contributed by atoms with Gasteiger partial charge in [-0.1, -0.05) is 23.7 Å². The second-order valence-electron chi connectivity index (χ2n) is 4.34. The van der Waals surface area contributed by atoms with E-state index in [1.54, 1.807) is 36.7 Å². The summed E-state index contributed by atoms with van der Waals surface area (Å²) < 4.78 is 0. The lowest BCUT2D eigenvalue weighted by Crippen LogP contribution is -2.12. The Morgan fingerprint density at radius 2 is 2.00 bits per heavy atom. The van der Waals surface area contributed by atoms with Gasteiger partial charge < -0.3 is 5.11 Å². The number of hydrogen-bond acceptors (Lipinski definition) is 2. The number of hydrogen-bond donors (Lipinski definition) is 1. The Morgan fingerprint density at radius 3 is 2.63 bits per heavy atom. The van der Waals surface area contributed by atoms with Gasteiger partial charge in [0, 0.05) is 17.4 Å². The molecule has 1 aromatic carbocycles. The maximum Gasteiger partial charge on any atom is 0.310 e. The zero-order chi connectivity index (χ0) is 13.7. The van der Waals surface area contributed by atoms with Crippen molar-refractivity contribution >= 4 is 17.6 Å². The van der Waals surface area contributed by atoms with Crippen molar-refractivity contribution < 1.29 is 9.90 Å². The van der Waals surface area contributed by atoms with E-state index in [0.29, 0.717) is 17.9 Å². The molecule has 1 atom stereocenters. The maximum absolute atomic E-state index is 11.4. The predicted molar refractivity (Wildman–Crippen MR) is 74.4 cm³/mol. The Hall–Kier alpha value is -1.87. The first kappa shape index (κ1) is 13.6. The topological polar surface area (TPSA) is 50.2 Å². The lowest BCUT2D eigenvalue weighted by Gasteiger charge is -2.13. The van der Waals surface area contributed by atoms with E-state index >= 15 is 0 Å². The minimum absolute atomic E-state index is 0.535. The van der Waals surface area contributed by atoms with Gasteiger partial charge in [-0.3, -0.25) is 9.78 Å². The third-order valence-electron chi connectivity index (χ3n) is 3.02. The molecule has 0 spiro atoms. The zero-order valence-corrected chi connectivity index (χ0v) is 11.0. The molecule has 2 rings (SSSR count). The molecule has 4 heteroatoms. The molecule has 1 heterocycles. The van der Waals surface area contributed by atoms with Crippen LogP contribution in [0.3, 0.4) is 0 Å². The van der Waals surface area contributed by atoms with Crippen LogP contribution in [0.1, 0.15) is 23.5 Å². The van der Waals surface area contributed by atoms with Gasteiger partial charge in [0.05, 0.1) is 5.92 Å². The van der Waals surface area contributed by atoms with Crippen molar-refractivity contribution in [3.05, 3.63) is 64.9 Å². The number of carboxylic acids is 1. The van der Waals surface area contributed by atoms with Crippen LogP contribution in [0.2, 0.25) is 5.02 Å². The van der Waals surface area contributed by atoms with E-state index in [1.807, 2.05) is 12.1 Å². The predicted octanol–water partition coefficient (Wildman–Crippen LogP) is 3.54. The second-order valence-corrected chi connectivity index (χ2v) is 4.78. The molecule has 2 aromatic rings. The van der Waals surface area contributed by atoms with Crippen molar-refractivity contribution in [2.45, 2.75) is 18.8 Å². The highest BCUT2D eigenvalue weighted by atomic mass is 35.5. The maximum atomic E-state index is 11.4. The molecule has 1 aromatic heterocycles. The number of benzene rings is 1. The molecule has 1 unspecified atom stereocenters. The molecule has 0 aliphatic carbocycles. The molecule has 0 bridgehead atoms. The second kappa shape index (κ2) is 6.34. The average Bonchev–Trinajstić information content (AvgIpc) is 2.40. The summed E-state index contributed by atoms with van der Waals surface area (Å²) in [4.78, 5) is 15.3. The summed E-state index contributed by atoms with van der Waals surface area (Å²) >= 11 is 5.91. The third-order valence-corrected chi connectivity index (χ3v) is 3.26. The van der Waals surface area contributed by atoms with E-state index in [1.165, 1.54) is 0 Å². The van der Waals surface area contributed by atoms with Gasteiger partial charge in [-0.2, -0.15) is 0 Å². The molecule has 0 fully saturated rings. The van der Waals surface area contributed by atoms with Crippen molar-refractivity contribution in [1.82, 2.24) is 4.98 Å². The van der Waals surface area contributed by atoms with E-state index in [2.05, 4.69) is 4.98 Å². The number of pyridine rings is 1. The summed E-state index contributed by atoms with van der Waals surface area (Å²) in [6.07, 6.45) is 4.67. The molecule has 0 saturated carbocycles. The Labute approximate surface area is 116 Å². The molecule has 0 amide bonds. The van der Waals surface area contributed by atoms with Gasteiger partial charge >= 0.3 is 5.97 Å². The zero-order valence-electron chi connectivity index (χ0n) is 10.3. The summed E-state index contributed by atoms with van der Waals surface area (Å²) in [6.45, 7) is 0. The fourth-order valence-corrected chi connectivity index (χ4v) is 2.22. The average molecular weight is 276 g/mol. The summed E-state index contributed by atoms with van der Waals surface area (Å²) in [5.74, 6) is -1.36. The first-order chi connectivity index (χ1) is 9.16. The third kappa shape index (κ3) is 3.80. The highest BCUT2D eigenvalue weighted by Crippen LogP contribution is 2.24. The molecule has 0 aliphatic heterocycles. The van der Waals surface area contributed by atoms with Crippen LogP contribution >= 0.6 is 11.6 Å². The largest absolute Gasteiger partial charge is 0.481 e. The number of aromatic nitrogens is 1. The Kier molecular flexibility index (Phi) is 4.53. The van der Waals surface area contributed by atoms with Crippen molar-refractivity contribution in [2.75, 3.05) is 0 Å². The monoisotopic (exact) mass is 275 g/mol. The normalized spacial score (nSPS) is 12.1. The fraction of sp³-hybridized carbons (Fsp3) is 0.200. The van der Waals surface area contributed by atoms with Crippen LogP contribution < -0.4 is 0 Å². The number of carboxylic acid groups (broad SMARTS) is 1. The van der Waals surface area contributed by atoms with Crippen LogP contribution in [-0.2, 0) is 11.2 Å². The number of halogens is 1. The summed E-state index contributed by atoms with van der Waals surface area (Å²) in [6, 6.07) is 10.8. The molecule has 19 heavy (non-hydrogen) atoms. The standard InChI is InChI=1S/C15H14ClNO2/c16-13-3-1-2-12(10-13)14(15(18)19)5-4-11-6-8-17-9-7-11/h1-3,6-10,14H,4-5H2,(H,18,19). The molecular weight excluding hydrogens is 262 g/mol. The van der Waals surface area contributed by atoms with Gasteiger partial charge in [0.2, 0.25) is 0 Å². The Bertz CT molecular complexity index is 557. The minimum atomic E-state index is -0.823. The lowest BCUT2D eigenvalue weighted by molar-refractivity contribution is -0.138. The molecular formula is C15H14ClNO2. The van der Waals surface area contributed by atoms with Gasteiger partial charge in [-0.25, -0.2) is 0 Å². The van der Waals surface area contributed by atoms with Crippen molar-refractivity contribution in [3.8, 4) is 0 Å². The number of carbonyl (C=O) groups is 1. The van der Waals surface area contributed by atoms with Gasteiger partial charge in [-0.15, -0.1) is 0 Å². The van der Waals surface area contributed by atoms with E-state index in [-0.39, 0.29) is 0 Å². The number of rotatable bonds is 5. The first-order valence-electron chi connectivity index (χ1n) is 6.04. The summed E-state index contributed by atoms with van der Waals surface area (Å²) in [5.41, 5.74) is 1.83. The van der Waals surface area contributed by atoms with E-state index < -0.39 is 11.9 Å². The minimum Gasteiger partial charge on any atom is -0.481 e. The number of aryl methyl sites for hydroxylation is 1. The SMILES string of the molecule is O=C(O)C(CCc1ccncc1)c1cccc(Cl)c1. The lowest BCUT2D eigenvalue weighted by atomic mass is 9.93. The van der Waals surface area contributed by atoms with Gasteiger partial charge in [0.15, 0.2) is 0 Å². The van der Waals surface area contributed by atoms with Crippen molar-refractivity contribution in [2.24, 2.45) is 0 Å². The van der Waals surface area contributed by atoms with Crippen LogP contribution in [0, 0.1) is 0 Å². The molecule has 0 aliphatic rings. The van der Waals surface area contributed by atoms with E-state index in [9.17, 15) is 9.90 Å². The fourth-order valence-electron chi connectivity index (χ4n) is 2.02. The molecule has 0 radical (unpaired) electrons.